The Labute approximate surface area is 110 Å². The fraction of sp³-hybridized carbons (Fsp3) is 0. The van der Waals surface area contributed by atoms with Crippen molar-refractivity contribution in [3.05, 3.63) is 47.4 Å². The highest BCUT2D eigenvalue weighted by atomic mass is 35.5. The lowest BCUT2D eigenvalue weighted by atomic mass is 10.1. The van der Waals surface area contributed by atoms with Crippen LogP contribution in [0.25, 0.3) is 20.7 Å². The molecule has 0 unspecified atom stereocenters. The summed E-state index contributed by atoms with van der Waals surface area (Å²) in [5.41, 5.74) is 0.981. The molecule has 0 N–H and O–H groups in total. The summed E-state index contributed by atoms with van der Waals surface area (Å²) in [5, 5.41) is 0.332. The molecule has 0 aliphatic carbocycles. The number of hydrogen-bond acceptors (Lipinski definition) is 3. The molecule has 0 aliphatic rings. The minimum absolute atomic E-state index is 0.329. The zero-order valence-electron chi connectivity index (χ0n) is 8.82. The van der Waals surface area contributed by atoms with Crippen molar-refractivity contribution in [1.82, 2.24) is 9.97 Å². The molecule has 0 atom stereocenters. The molecule has 3 rings (SSSR count). The molecule has 2 nitrogen and oxygen atoms in total. The van der Waals surface area contributed by atoms with Gasteiger partial charge in [0.15, 0.2) is 0 Å². The Morgan fingerprint density at radius 3 is 2.67 bits per heavy atom. The van der Waals surface area contributed by atoms with Gasteiger partial charge in [-0.3, -0.25) is 0 Å². The summed E-state index contributed by atoms with van der Waals surface area (Å²) in [5.74, 6) is -1.21. The van der Waals surface area contributed by atoms with Crippen molar-refractivity contribution in [2.24, 2.45) is 0 Å². The number of rotatable bonds is 1. The predicted octanol–water partition coefficient (Wildman–Crippen LogP) is 4.29. The van der Waals surface area contributed by atoms with Crippen LogP contribution in [0.4, 0.5) is 8.78 Å². The van der Waals surface area contributed by atoms with E-state index in [9.17, 15) is 8.78 Å². The molecule has 6 heteroatoms. The van der Waals surface area contributed by atoms with E-state index in [1.165, 1.54) is 29.8 Å². The van der Waals surface area contributed by atoms with Crippen LogP contribution < -0.4 is 0 Å². The lowest BCUT2D eigenvalue weighted by molar-refractivity contribution is 0.586. The SMILES string of the molecule is Fc1ccc(-c2cc3ncnc(Cl)c3s2)c(F)c1. The maximum absolute atomic E-state index is 13.7. The van der Waals surface area contributed by atoms with E-state index in [2.05, 4.69) is 9.97 Å². The van der Waals surface area contributed by atoms with Crippen LogP contribution in [0, 0.1) is 11.6 Å². The highest BCUT2D eigenvalue weighted by Crippen LogP contribution is 2.36. The third-order valence-electron chi connectivity index (χ3n) is 2.46. The van der Waals surface area contributed by atoms with E-state index in [4.69, 9.17) is 11.6 Å². The molecule has 2 aromatic heterocycles. The van der Waals surface area contributed by atoms with Crippen molar-refractivity contribution in [2.45, 2.75) is 0 Å². The van der Waals surface area contributed by atoms with Crippen molar-refractivity contribution < 1.29 is 8.78 Å². The average molecular weight is 283 g/mol. The van der Waals surface area contributed by atoms with Crippen molar-refractivity contribution in [3.8, 4) is 10.4 Å². The van der Waals surface area contributed by atoms with Crippen LogP contribution in [0.1, 0.15) is 0 Å². The van der Waals surface area contributed by atoms with Gasteiger partial charge in [-0.2, -0.15) is 0 Å². The van der Waals surface area contributed by atoms with E-state index < -0.39 is 11.6 Å². The molecule has 0 amide bonds. The third-order valence-corrected chi connectivity index (χ3v) is 4.03. The first-order valence-electron chi connectivity index (χ1n) is 5.00. The van der Waals surface area contributed by atoms with Crippen molar-refractivity contribution in [3.63, 3.8) is 0 Å². The van der Waals surface area contributed by atoms with Crippen LogP contribution in [-0.4, -0.2) is 9.97 Å². The fourth-order valence-corrected chi connectivity index (χ4v) is 2.92. The molecule has 0 aliphatic heterocycles. The Morgan fingerprint density at radius 1 is 1.11 bits per heavy atom. The maximum atomic E-state index is 13.7. The summed E-state index contributed by atoms with van der Waals surface area (Å²) in [6, 6.07) is 5.18. The van der Waals surface area contributed by atoms with Crippen molar-refractivity contribution >= 4 is 33.2 Å². The van der Waals surface area contributed by atoms with Crippen molar-refractivity contribution in [1.29, 1.82) is 0 Å². The van der Waals surface area contributed by atoms with Crippen LogP contribution in [0.2, 0.25) is 5.15 Å². The fourth-order valence-electron chi connectivity index (χ4n) is 1.65. The van der Waals surface area contributed by atoms with Gasteiger partial charge in [0.1, 0.15) is 23.1 Å². The summed E-state index contributed by atoms with van der Waals surface area (Å²) in [4.78, 5) is 8.56. The maximum Gasteiger partial charge on any atom is 0.150 e. The second-order valence-electron chi connectivity index (χ2n) is 3.61. The number of nitrogens with zero attached hydrogens (tertiary/aromatic N) is 2. The van der Waals surface area contributed by atoms with Gasteiger partial charge in [-0.15, -0.1) is 11.3 Å². The predicted molar refractivity (Wildman–Crippen MR) is 67.8 cm³/mol. The quantitative estimate of drug-likeness (QED) is 0.622. The highest BCUT2D eigenvalue weighted by molar-refractivity contribution is 7.22. The van der Waals surface area contributed by atoms with E-state index in [1.807, 2.05) is 0 Å². The molecular weight excluding hydrogens is 278 g/mol. The summed E-state index contributed by atoms with van der Waals surface area (Å²) >= 11 is 7.21. The van der Waals surface area contributed by atoms with Crippen LogP contribution in [0.15, 0.2) is 30.6 Å². The van der Waals surface area contributed by atoms with Gasteiger partial charge in [-0.05, 0) is 18.2 Å². The first-order chi connectivity index (χ1) is 8.65. The smallest absolute Gasteiger partial charge is 0.150 e. The Bertz CT molecular complexity index is 742. The molecular formula is C12H5ClF2N2S. The molecule has 2 heterocycles. The molecule has 1 aromatic carbocycles. The highest BCUT2D eigenvalue weighted by Gasteiger charge is 2.12. The van der Waals surface area contributed by atoms with Gasteiger partial charge in [0.25, 0.3) is 0 Å². The van der Waals surface area contributed by atoms with Gasteiger partial charge in [0, 0.05) is 16.5 Å². The third kappa shape index (κ3) is 1.85. The van der Waals surface area contributed by atoms with E-state index in [1.54, 1.807) is 6.07 Å². The molecule has 90 valence electrons. The minimum atomic E-state index is -0.606. The van der Waals surface area contributed by atoms with E-state index in [-0.39, 0.29) is 0 Å². The van der Waals surface area contributed by atoms with Crippen LogP contribution >= 0.6 is 22.9 Å². The lowest BCUT2D eigenvalue weighted by Crippen LogP contribution is -1.83. The van der Waals surface area contributed by atoms with Gasteiger partial charge in [0.05, 0.1) is 10.2 Å². The largest absolute Gasteiger partial charge is 0.235 e. The van der Waals surface area contributed by atoms with Gasteiger partial charge in [-0.25, -0.2) is 18.7 Å². The minimum Gasteiger partial charge on any atom is -0.235 e. The normalized spacial score (nSPS) is 11.1. The number of thiophene rings is 1. The molecule has 18 heavy (non-hydrogen) atoms. The second-order valence-corrected chi connectivity index (χ2v) is 5.02. The van der Waals surface area contributed by atoms with Crippen LogP contribution in [-0.2, 0) is 0 Å². The Balaban J connectivity index is 2.23. The number of benzene rings is 1. The molecule has 3 aromatic rings. The summed E-state index contributed by atoms with van der Waals surface area (Å²) in [7, 11) is 0. The zero-order valence-corrected chi connectivity index (χ0v) is 10.4. The number of halogens is 3. The van der Waals surface area contributed by atoms with Crippen LogP contribution in [0.3, 0.4) is 0 Å². The van der Waals surface area contributed by atoms with Gasteiger partial charge in [-0.1, -0.05) is 11.6 Å². The zero-order chi connectivity index (χ0) is 12.7. The standard InChI is InChI=1S/C12H5ClF2N2S/c13-12-11-9(16-5-17-12)4-10(18-11)7-2-1-6(14)3-8(7)15/h1-5H. The first-order valence-corrected chi connectivity index (χ1v) is 6.20. The topological polar surface area (TPSA) is 25.8 Å². The monoisotopic (exact) mass is 282 g/mol. The Morgan fingerprint density at radius 2 is 1.94 bits per heavy atom. The molecule has 0 saturated carbocycles. The van der Waals surface area contributed by atoms with Gasteiger partial charge in [0.2, 0.25) is 0 Å². The summed E-state index contributed by atoms with van der Waals surface area (Å²) in [6.45, 7) is 0. The number of aromatic nitrogens is 2. The first kappa shape index (κ1) is 11.5. The lowest BCUT2D eigenvalue weighted by Gasteiger charge is -1.98. The van der Waals surface area contributed by atoms with Gasteiger partial charge >= 0.3 is 0 Å². The molecule has 0 fully saturated rings. The molecule has 0 bridgehead atoms. The Hall–Kier alpha value is -1.59. The van der Waals surface area contributed by atoms with Gasteiger partial charge < -0.3 is 0 Å². The van der Waals surface area contributed by atoms with Crippen molar-refractivity contribution in [2.75, 3.05) is 0 Å². The molecule has 0 radical (unpaired) electrons. The number of hydrogen-bond donors (Lipinski definition) is 0. The van der Waals surface area contributed by atoms with E-state index >= 15 is 0 Å². The molecule has 0 spiro atoms. The molecule has 0 saturated heterocycles. The average Bonchev–Trinajstić information content (AvgIpc) is 2.74. The van der Waals surface area contributed by atoms with E-state index in [0.717, 1.165) is 6.07 Å². The van der Waals surface area contributed by atoms with Crippen LogP contribution in [0.5, 0.6) is 0 Å². The summed E-state index contributed by atoms with van der Waals surface area (Å²) < 4.78 is 27.2. The summed E-state index contributed by atoms with van der Waals surface area (Å²) in [6.07, 6.45) is 1.35. The second kappa shape index (κ2) is 4.26. The number of fused-ring (bicyclic) bond motifs is 1. The Kier molecular flexibility index (Phi) is 2.72. The van der Waals surface area contributed by atoms with E-state index in [0.29, 0.717) is 25.8 Å².